The molecule has 0 saturated carbocycles. The molecule has 1 aliphatic heterocycles. The Morgan fingerprint density at radius 2 is 2.21 bits per heavy atom. The number of carbonyl (C=O) groups excluding carboxylic acids is 2. The molecule has 0 unspecified atom stereocenters. The highest BCUT2D eigenvalue weighted by Crippen LogP contribution is 2.25. The molecule has 3 rings (SSSR count). The average Bonchev–Trinajstić information content (AvgIpc) is 2.95. The van der Waals surface area contributed by atoms with E-state index in [1.165, 1.54) is 0 Å². The zero-order chi connectivity index (χ0) is 16.9. The zero-order valence-electron chi connectivity index (χ0n) is 13.5. The van der Waals surface area contributed by atoms with Crippen LogP contribution in [0.5, 0.6) is 0 Å². The molecule has 0 bridgehead atoms. The Morgan fingerprint density at radius 1 is 1.33 bits per heavy atom. The van der Waals surface area contributed by atoms with Gasteiger partial charge < -0.3 is 20.5 Å². The van der Waals surface area contributed by atoms with Crippen LogP contribution in [0.25, 0.3) is 0 Å². The molecule has 2 aromatic rings. The minimum absolute atomic E-state index is 0.0331. The number of amides is 3. The minimum atomic E-state index is -0.318. The molecule has 3 N–H and O–H groups in total. The first-order valence-corrected chi connectivity index (χ1v) is 8.06. The molecule has 0 spiro atoms. The average molecular weight is 328 g/mol. The molecule has 0 saturated heterocycles. The summed E-state index contributed by atoms with van der Waals surface area (Å²) in [4.78, 5) is 23.5. The van der Waals surface area contributed by atoms with Crippen LogP contribution in [0.3, 0.4) is 0 Å². The SMILES string of the molecule is CCc1cc(CNC(=O)Nc2ccc3c(c2)CCCC(=O)N3)on1. The molecule has 2 heterocycles. The highest BCUT2D eigenvalue weighted by atomic mass is 16.5. The second kappa shape index (κ2) is 7.16. The Balaban J connectivity index is 1.58. The van der Waals surface area contributed by atoms with Crippen molar-refractivity contribution in [2.45, 2.75) is 39.2 Å². The summed E-state index contributed by atoms with van der Waals surface area (Å²) in [6.07, 6.45) is 2.93. The van der Waals surface area contributed by atoms with Gasteiger partial charge in [-0.25, -0.2) is 4.79 Å². The molecule has 3 amide bonds. The Morgan fingerprint density at radius 3 is 3.00 bits per heavy atom. The van der Waals surface area contributed by atoms with E-state index in [9.17, 15) is 9.59 Å². The van der Waals surface area contributed by atoms with Crippen molar-refractivity contribution >= 4 is 23.3 Å². The van der Waals surface area contributed by atoms with Gasteiger partial charge in [-0.2, -0.15) is 0 Å². The highest BCUT2D eigenvalue weighted by Gasteiger charge is 2.13. The first kappa shape index (κ1) is 16.0. The summed E-state index contributed by atoms with van der Waals surface area (Å²) in [5.74, 6) is 0.650. The van der Waals surface area contributed by atoms with Gasteiger partial charge in [0.05, 0.1) is 12.2 Å². The molecule has 1 aromatic heterocycles. The van der Waals surface area contributed by atoms with Gasteiger partial charge in [0.25, 0.3) is 0 Å². The standard InChI is InChI=1S/C17H20N4O3/c1-2-12-9-14(24-21-12)10-18-17(23)19-13-6-7-15-11(8-13)4-3-5-16(22)20-15/h6-9H,2-5,10H2,1H3,(H,20,22)(H2,18,19,23). The number of aryl methyl sites for hydroxylation is 2. The summed E-state index contributed by atoms with van der Waals surface area (Å²) in [5, 5.41) is 12.3. The molecule has 0 radical (unpaired) electrons. The lowest BCUT2D eigenvalue weighted by molar-refractivity contribution is -0.116. The van der Waals surface area contributed by atoms with Crippen molar-refractivity contribution in [2.75, 3.05) is 10.6 Å². The van der Waals surface area contributed by atoms with Gasteiger partial charge in [0, 0.05) is 23.9 Å². The van der Waals surface area contributed by atoms with E-state index in [1.54, 1.807) is 6.07 Å². The molecular formula is C17H20N4O3. The summed E-state index contributed by atoms with van der Waals surface area (Å²) in [7, 11) is 0. The van der Waals surface area contributed by atoms with Crippen LogP contribution >= 0.6 is 0 Å². The molecule has 7 nitrogen and oxygen atoms in total. The predicted octanol–water partition coefficient (Wildman–Crippen LogP) is 2.83. The smallest absolute Gasteiger partial charge is 0.319 e. The lowest BCUT2D eigenvalue weighted by Crippen LogP contribution is -2.28. The van der Waals surface area contributed by atoms with Crippen LogP contribution in [0.4, 0.5) is 16.2 Å². The number of nitrogens with one attached hydrogen (secondary N) is 3. The number of benzene rings is 1. The molecular weight excluding hydrogens is 308 g/mol. The molecule has 1 aliphatic rings. The molecule has 24 heavy (non-hydrogen) atoms. The van der Waals surface area contributed by atoms with Crippen molar-refractivity contribution in [3.8, 4) is 0 Å². The van der Waals surface area contributed by atoms with Gasteiger partial charge in [-0.1, -0.05) is 12.1 Å². The largest absolute Gasteiger partial charge is 0.359 e. The van der Waals surface area contributed by atoms with Crippen LogP contribution in [0, 0.1) is 0 Å². The minimum Gasteiger partial charge on any atom is -0.359 e. The summed E-state index contributed by atoms with van der Waals surface area (Å²) < 4.78 is 5.12. The van der Waals surface area contributed by atoms with E-state index in [0.717, 1.165) is 36.2 Å². The number of urea groups is 1. The lowest BCUT2D eigenvalue weighted by atomic mass is 10.1. The van der Waals surface area contributed by atoms with Crippen molar-refractivity contribution in [3.63, 3.8) is 0 Å². The van der Waals surface area contributed by atoms with Crippen molar-refractivity contribution in [1.29, 1.82) is 0 Å². The Hall–Kier alpha value is -2.83. The first-order valence-electron chi connectivity index (χ1n) is 8.06. The summed E-state index contributed by atoms with van der Waals surface area (Å²) >= 11 is 0. The number of aromatic nitrogens is 1. The van der Waals surface area contributed by atoms with E-state index in [2.05, 4.69) is 21.1 Å². The number of carbonyl (C=O) groups is 2. The monoisotopic (exact) mass is 328 g/mol. The number of hydrogen-bond donors (Lipinski definition) is 3. The van der Waals surface area contributed by atoms with E-state index in [1.807, 2.05) is 25.1 Å². The van der Waals surface area contributed by atoms with Gasteiger partial charge in [-0.15, -0.1) is 0 Å². The fraction of sp³-hybridized carbons (Fsp3) is 0.353. The maximum absolute atomic E-state index is 12.0. The summed E-state index contributed by atoms with van der Waals surface area (Å²) in [6.45, 7) is 2.27. The predicted molar refractivity (Wildman–Crippen MR) is 89.7 cm³/mol. The molecule has 0 aliphatic carbocycles. The van der Waals surface area contributed by atoms with Crippen molar-refractivity contribution in [3.05, 3.63) is 41.3 Å². The number of anilines is 2. The maximum Gasteiger partial charge on any atom is 0.319 e. The van der Waals surface area contributed by atoms with E-state index in [4.69, 9.17) is 4.52 Å². The van der Waals surface area contributed by atoms with E-state index in [-0.39, 0.29) is 18.5 Å². The number of rotatable bonds is 4. The Labute approximate surface area is 139 Å². The van der Waals surface area contributed by atoms with Crippen LogP contribution in [0.1, 0.15) is 36.8 Å². The van der Waals surface area contributed by atoms with Crippen LogP contribution in [-0.2, 0) is 24.2 Å². The van der Waals surface area contributed by atoms with E-state index >= 15 is 0 Å². The Bertz CT molecular complexity index is 754. The molecule has 0 atom stereocenters. The van der Waals surface area contributed by atoms with Gasteiger partial charge in [0.2, 0.25) is 5.91 Å². The second-order valence-corrected chi connectivity index (χ2v) is 5.72. The summed E-state index contributed by atoms with van der Waals surface area (Å²) in [6, 6.07) is 6.99. The van der Waals surface area contributed by atoms with Gasteiger partial charge >= 0.3 is 6.03 Å². The molecule has 7 heteroatoms. The van der Waals surface area contributed by atoms with Gasteiger partial charge in [-0.05, 0) is 43.0 Å². The molecule has 126 valence electrons. The van der Waals surface area contributed by atoms with Crippen molar-refractivity contribution in [1.82, 2.24) is 10.5 Å². The molecule has 0 fully saturated rings. The van der Waals surface area contributed by atoms with E-state index < -0.39 is 0 Å². The Kier molecular flexibility index (Phi) is 4.79. The van der Waals surface area contributed by atoms with E-state index in [0.29, 0.717) is 17.9 Å². The number of nitrogens with zero attached hydrogens (tertiary/aromatic N) is 1. The third-order valence-corrected chi connectivity index (χ3v) is 3.88. The number of hydrogen-bond acceptors (Lipinski definition) is 4. The lowest BCUT2D eigenvalue weighted by Gasteiger charge is -2.11. The van der Waals surface area contributed by atoms with Crippen LogP contribution in [0.15, 0.2) is 28.8 Å². The third-order valence-electron chi connectivity index (χ3n) is 3.88. The zero-order valence-corrected chi connectivity index (χ0v) is 13.5. The normalized spacial score (nSPS) is 13.6. The highest BCUT2D eigenvalue weighted by molar-refractivity contribution is 5.94. The second-order valence-electron chi connectivity index (χ2n) is 5.72. The first-order chi connectivity index (χ1) is 11.6. The molecule has 1 aromatic carbocycles. The van der Waals surface area contributed by atoms with Crippen molar-refractivity contribution in [2.24, 2.45) is 0 Å². The topological polar surface area (TPSA) is 96.3 Å². The van der Waals surface area contributed by atoms with Crippen LogP contribution < -0.4 is 16.0 Å². The van der Waals surface area contributed by atoms with Crippen molar-refractivity contribution < 1.29 is 14.1 Å². The fourth-order valence-corrected chi connectivity index (χ4v) is 2.60. The quantitative estimate of drug-likeness (QED) is 0.804. The summed E-state index contributed by atoms with van der Waals surface area (Å²) in [5.41, 5.74) is 3.40. The van der Waals surface area contributed by atoms with Gasteiger partial charge in [0.15, 0.2) is 5.76 Å². The van der Waals surface area contributed by atoms with Gasteiger partial charge in [-0.3, -0.25) is 4.79 Å². The number of fused-ring (bicyclic) bond motifs is 1. The van der Waals surface area contributed by atoms with Crippen LogP contribution in [-0.4, -0.2) is 17.1 Å². The third kappa shape index (κ3) is 3.92. The van der Waals surface area contributed by atoms with Gasteiger partial charge in [0.1, 0.15) is 0 Å². The van der Waals surface area contributed by atoms with Crippen LogP contribution in [0.2, 0.25) is 0 Å². The maximum atomic E-state index is 12.0. The fourth-order valence-electron chi connectivity index (χ4n) is 2.60.